The third-order valence-corrected chi connectivity index (χ3v) is 7.51. The first-order chi connectivity index (χ1) is 14.9. The molecule has 0 aliphatic heterocycles. The Morgan fingerprint density at radius 3 is 2.32 bits per heavy atom. The summed E-state index contributed by atoms with van der Waals surface area (Å²) in [4.78, 5) is 8.94. The molecule has 31 heavy (non-hydrogen) atoms. The third-order valence-electron chi connectivity index (χ3n) is 5.51. The number of aryl methyl sites for hydroxylation is 2. The highest BCUT2D eigenvalue weighted by molar-refractivity contribution is 7.89. The summed E-state index contributed by atoms with van der Waals surface area (Å²) in [5.74, 6) is 0. The van der Waals surface area contributed by atoms with Crippen molar-refractivity contribution in [2.45, 2.75) is 31.7 Å². The van der Waals surface area contributed by atoms with Crippen molar-refractivity contribution in [3.8, 4) is 0 Å². The molecule has 4 aromatic rings. The average molecular weight is 432 g/mol. The summed E-state index contributed by atoms with van der Waals surface area (Å²) < 4.78 is 29.6. The minimum atomic E-state index is -3.83. The second-order valence-corrected chi connectivity index (χ2v) is 9.45. The number of aromatic nitrogens is 2. The maximum absolute atomic E-state index is 14.0. The minimum absolute atomic E-state index is 0.268. The van der Waals surface area contributed by atoms with E-state index in [0.29, 0.717) is 17.4 Å². The van der Waals surface area contributed by atoms with E-state index in [-0.39, 0.29) is 4.90 Å². The molecule has 2 aromatic heterocycles. The van der Waals surface area contributed by atoms with Gasteiger partial charge in [-0.25, -0.2) is 8.42 Å². The summed E-state index contributed by atoms with van der Waals surface area (Å²) in [6.45, 7) is 6.13. The van der Waals surface area contributed by atoms with Gasteiger partial charge in [0.2, 0.25) is 10.0 Å². The van der Waals surface area contributed by atoms with Crippen molar-refractivity contribution in [2.24, 2.45) is 0 Å². The number of nitrogens with zero attached hydrogens (tertiary/aromatic N) is 3. The van der Waals surface area contributed by atoms with Crippen molar-refractivity contribution in [3.63, 3.8) is 0 Å². The number of hydrogen-bond donors (Lipinski definition) is 0. The van der Waals surface area contributed by atoms with E-state index < -0.39 is 16.1 Å². The van der Waals surface area contributed by atoms with Crippen LogP contribution in [0.1, 0.15) is 35.2 Å². The van der Waals surface area contributed by atoms with Crippen LogP contribution in [0.5, 0.6) is 0 Å². The second kappa shape index (κ2) is 8.57. The maximum Gasteiger partial charge on any atom is 0.244 e. The first kappa shape index (κ1) is 21.2. The highest BCUT2D eigenvalue weighted by Crippen LogP contribution is 2.35. The van der Waals surface area contributed by atoms with Crippen molar-refractivity contribution in [2.75, 3.05) is 6.54 Å². The second-order valence-electron chi connectivity index (χ2n) is 7.59. The number of hydrogen-bond acceptors (Lipinski definition) is 4. The molecule has 1 atom stereocenters. The summed E-state index contributed by atoms with van der Waals surface area (Å²) in [6.07, 6.45) is 5.12. The SMILES string of the molecule is CCN([C@H](c1ccc(C)cc1)c1cccnc1)S(=O)(=O)c1ccc(C)c2ncccc12. The Bertz CT molecular complexity index is 1300. The van der Waals surface area contributed by atoms with E-state index in [1.54, 1.807) is 35.0 Å². The number of rotatable bonds is 6. The van der Waals surface area contributed by atoms with E-state index in [1.165, 1.54) is 0 Å². The Morgan fingerprint density at radius 2 is 1.65 bits per heavy atom. The van der Waals surface area contributed by atoms with Gasteiger partial charge in [-0.05, 0) is 54.8 Å². The van der Waals surface area contributed by atoms with Crippen LogP contribution in [0.2, 0.25) is 0 Å². The lowest BCUT2D eigenvalue weighted by atomic mass is 9.99. The average Bonchev–Trinajstić information content (AvgIpc) is 2.79. The molecule has 2 heterocycles. The molecule has 0 saturated carbocycles. The largest absolute Gasteiger partial charge is 0.264 e. The molecule has 0 N–H and O–H groups in total. The highest BCUT2D eigenvalue weighted by Gasteiger charge is 2.34. The molecule has 6 heteroatoms. The standard InChI is InChI=1S/C25H25N3O2S/c1-4-28(25(21-7-5-15-26-17-21)20-12-9-18(2)10-13-20)31(29,30)23-14-11-19(3)24-22(23)8-6-16-27-24/h5-17,25H,4H2,1-3H3/t25-/m1/s1. The lowest BCUT2D eigenvalue weighted by Gasteiger charge is -2.31. The van der Waals surface area contributed by atoms with Gasteiger partial charge in [0.15, 0.2) is 0 Å². The van der Waals surface area contributed by atoms with E-state index in [1.807, 2.05) is 69.3 Å². The first-order valence-corrected chi connectivity index (χ1v) is 11.7. The molecule has 158 valence electrons. The minimum Gasteiger partial charge on any atom is -0.264 e. The van der Waals surface area contributed by atoms with Crippen molar-refractivity contribution >= 4 is 20.9 Å². The summed E-state index contributed by atoms with van der Waals surface area (Å²) in [6, 6.07) is 18.4. The van der Waals surface area contributed by atoms with Gasteiger partial charge in [0.1, 0.15) is 0 Å². The molecule has 0 spiro atoms. The number of pyridine rings is 2. The molecule has 5 nitrogen and oxygen atoms in total. The zero-order valence-corrected chi connectivity index (χ0v) is 18.7. The van der Waals surface area contributed by atoms with Crippen molar-refractivity contribution in [1.29, 1.82) is 0 Å². The van der Waals surface area contributed by atoms with E-state index in [2.05, 4.69) is 9.97 Å². The lowest BCUT2D eigenvalue weighted by Crippen LogP contribution is -2.35. The van der Waals surface area contributed by atoms with Gasteiger partial charge in [0.05, 0.1) is 16.5 Å². The van der Waals surface area contributed by atoms with Crippen molar-refractivity contribution in [1.82, 2.24) is 14.3 Å². The van der Waals surface area contributed by atoms with Crippen LogP contribution in [0.15, 0.2) is 84.1 Å². The van der Waals surface area contributed by atoms with Gasteiger partial charge >= 0.3 is 0 Å². The quantitative estimate of drug-likeness (QED) is 0.429. The molecule has 0 bridgehead atoms. The van der Waals surface area contributed by atoms with E-state index in [4.69, 9.17) is 0 Å². The van der Waals surface area contributed by atoms with Crippen LogP contribution in [0, 0.1) is 13.8 Å². The fourth-order valence-corrected chi connectivity index (χ4v) is 5.74. The zero-order valence-electron chi connectivity index (χ0n) is 17.9. The Morgan fingerprint density at radius 1 is 0.903 bits per heavy atom. The number of sulfonamides is 1. The molecule has 0 aliphatic rings. The van der Waals surface area contributed by atoms with Crippen LogP contribution in [0.4, 0.5) is 0 Å². The molecule has 0 radical (unpaired) electrons. The van der Waals surface area contributed by atoms with Crippen LogP contribution in [0.3, 0.4) is 0 Å². The fourth-order valence-electron chi connectivity index (χ4n) is 3.94. The topological polar surface area (TPSA) is 63.2 Å². The highest BCUT2D eigenvalue weighted by atomic mass is 32.2. The van der Waals surface area contributed by atoms with Gasteiger partial charge in [-0.1, -0.05) is 48.9 Å². The summed E-state index contributed by atoms with van der Waals surface area (Å²) in [5, 5.41) is 0.634. The Labute approximate surface area is 183 Å². The van der Waals surface area contributed by atoms with Crippen LogP contribution >= 0.6 is 0 Å². The Kier molecular flexibility index (Phi) is 5.85. The van der Waals surface area contributed by atoms with Crippen LogP contribution in [-0.4, -0.2) is 29.2 Å². The monoisotopic (exact) mass is 431 g/mol. The molecule has 0 aliphatic carbocycles. The lowest BCUT2D eigenvalue weighted by molar-refractivity contribution is 0.375. The summed E-state index contributed by atoms with van der Waals surface area (Å²) >= 11 is 0. The predicted octanol–water partition coefficient (Wildman–Crippen LogP) is 5.05. The molecule has 0 amide bonds. The van der Waals surface area contributed by atoms with Crippen LogP contribution in [0.25, 0.3) is 10.9 Å². The third kappa shape index (κ3) is 3.96. The molecule has 2 aromatic carbocycles. The maximum atomic E-state index is 14.0. The molecule has 0 saturated heterocycles. The van der Waals surface area contributed by atoms with Crippen LogP contribution in [-0.2, 0) is 10.0 Å². The molecular weight excluding hydrogens is 406 g/mol. The zero-order chi connectivity index (χ0) is 22.0. The van der Waals surface area contributed by atoms with Gasteiger partial charge in [0.25, 0.3) is 0 Å². The summed E-state index contributed by atoms with van der Waals surface area (Å²) in [5.41, 5.74) is 4.49. The first-order valence-electron chi connectivity index (χ1n) is 10.3. The number of benzene rings is 2. The fraction of sp³-hybridized carbons (Fsp3) is 0.200. The van der Waals surface area contributed by atoms with E-state index in [9.17, 15) is 8.42 Å². The van der Waals surface area contributed by atoms with E-state index in [0.717, 1.165) is 22.3 Å². The molecule has 0 fully saturated rings. The van der Waals surface area contributed by atoms with Gasteiger partial charge in [-0.15, -0.1) is 0 Å². The predicted molar refractivity (Wildman–Crippen MR) is 123 cm³/mol. The van der Waals surface area contributed by atoms with Crippen LogP contribution < -0.4 is 0 Å². The van der Waals surface area contributed by atoms with Gasteiger partial charge < -0.3 is 0 Å². The van der Waals surface area contributed by atoms with Gasteiger partial charge in [0, 0.05) is 30.5 Å². The van der Waals surface area contributed by atoms with Crippen molar-refractivity contribution in [3.05, 3.63) is 102 Å². The molecular formula is C25H25N3O2S. The smallest absolute Gasteiger partial charge is 0.244 e. The van der Waals surface area contributed by atoms with Gasteiger partial charge in [-0.2, -0.15) is 4.31 Å². The molecule has 0 unspecified atom stereocenters. The van der Waals surface area contributed by atoms with E-state index >= 15 is 0 Å². The number of fused-ring (bicyclic) bond motifs is 1. The summed E-state index contributed by atoms with van der Waals surface area (Å²) in [7, 11) is -3.83. The van der Waals surface area contributed by atoms with Gasteiger partial charge in [-0.3, -0.25) is 9.97 Å². The Balaban J connectivity index is 1.92. The Hall–Kier alpha value is -3.09. The molecule has 4 rings (SSSR count). The van der Waals surface area contributed by atoms with Crippen molar-refractivity contribution < 1.29 is 8.42 Å². The normalized spacial score (nSPS) is 12.9.